The van der Waals surface area contributed by atoms with Crippen LogP contribution in [0.4, 0.5) is 0 Å². The number of rotatable bonds is 5. The molecule has 2 rings (SSSR count). The maximum Gasteiger partial charge on any atom is 0.0798 e. The summed E-state index contributed by atoms with van der Waals surface area (Å²) in [5, 5.41) is 4.46. The molecule has 1 heterocycles. The Morgan fingerprint density at radius 3 is 2.79 bits per heavy atom. The summed E-state index contributed by atoms with van der Waals surface area (Å²) in [6, 6.07) is 8.69. The predicted molar refractivity (Wildman–Crippen MR) is 82.9 cm³/mol. The molecule has 1 aromatic heterocycles. The third-order valence-electron chi connectivity index (χ3n) is 3.29. The SMILES string of the molecule is CCC(NC(C)c1scnc1C)c1cccc(Cl)c1. The van der Waals surface area contributed by atoms with Gasteiger partial charge in [-0.2, -0.15) is 0 Å². The van der Waals surface area contributed by atoms with Crippen molar-refractivity contribution in [1.82, 2.24) is 10.3 Å². The second kappa shape index (κ2) is 6.51. The highest BCUT2D eigenvalue weighted by molar-refractivity contribution is 7.09. The standard InChI is InChI=1S/C15H19ClN2S/c1-4-14(12-6-5-7-13(16)8-12)18-11(3)15-10(2)17-9-19-15/h5-9,11,14,18H,4H2,1-3H3. The van der Waals surface area contributed by atoms with Crippen molar-refractivity contribution in [2.24, 2.45) is 0 Å². The van der Waals surface area contributed by atoms with Crippen molar-refractivity contribution in [3.8, 4) is 0 Å². The van der Waals surface area contributed by atoms with Gasteiger partial charge in [-0.1, -0.05) is 30.7 Å². The van der Waals surface area contributed by atoms with Crippen molar-refractivity contribution in [3.63, 3.8) is 0 Å². The summed E-state index contributed by atoms with van der Waals surface area (Å²) in [4.78, 5) is 5.62. The lowest BCUT2D eigenvalue weighted by Gasteiger charge is -2.22. The zero-order valence-corrected chi connectivity index (χ0v) is 13.1. The number of halogens is 1. The number of nitrogens with zero attached hydrogens (tertiary/aromatic N) is 1. The lowest BCUT2D eigenvalue weighted by Crippen LogP contribution is -2.24. The van der Waals surface area contributed by atoms with Crippen LogP contribution in [0.5, 0.6) is 0 Å². The average Bonchev–Trinajstić information content (AvgIpc) is 2.82. The first kappa shape index (κ1) is 14.5. The molecule has 102 valence electrons. The minimum Gasteiger partial charge on any atom is -0.303 e. The normalized spacial score (nSPS) is 14.3. The largest absolute Gasteiger partial charge is 0.303 e. The smallest absolute Gasteiger partial charge is 0.0798 e. The Kier molecular flexibility index (Phi) is 4.97. The number of nitrogens with one attached hydrogen (secondary N) is 1. The fraction of sp³-hybridized carbons (Fsp3) is 0.400. The lowest BCUT2D eigenvalue weighted by molar-refractivity contribution is 0.459. The first-order chi connectivity index (χ1) is 9.11. The van der Waals surface area contributed by atoms with Crippen LogP contribution >= 0.6 is 22.9 Å². The van der Waals surface area contributed by atoms with Crippen LogP contribution in [-0.4, -0.2) is 4.98 Å². The Bertz CT molecular complexity index is 538. The Hall–Kier alpha value is -0.900. The number of thiazole rings is 1. The molecule has 0 amide bonds. The minimum absolute atomic E-state index is 0.302. The molecule has 2 aromatic rings. The molecule has 1 N–H and O–H groups in total. The van der Waals surface area contributed by atoms with E-state index in [1.807, 2.05) is 23.7 Å². The van der Waals surface area contributed by atoms with E-state index in [1.165, 1.54) is 10.4 Å². The maximum absolute atomic E-state index is 6.07. The number of hydrogen-bond acceptors (Lipinski definition) is 3. The summed E-state index contributed by atoms with van der Waals surface area (Å²) in [6.07, 6.45) is 1.03. The van der Waals surface area contributed by atoms with Gasteiger partial charge in [0.2, 0.25) is 0 Å². The van der Waals surface area contributed by atoms with Gasteiger partial charge in [0.1, 0.15) is 0 Å². The van der Waals surface area contributed by atoms with E-state index in [-0.39, 0.29) is 0 Å². The highest BCUT2D eigenvalue weighted by Gasteiger charge is 2.16. The molecular weight excluding hydrogens is 276 g/mol. The monoisotopic (exact) mass is 294 g/mol. The van der Waals surface area contributed by atoms with Crippen LogP contribution in [-0.2, 0) is 0 Å². The summed E-state index contributed by atoms with van der Waals surface area (Å²) in [7, 11) is 0. The number of aromatic nitrogens is 1. The van der Waals surface area contributed by atoms with E-state index in [9.17, 15) is 0 Å². The quantitative estimate of drug-likeness (QED) is 0.848. The van der Waals surface area contributed by atoms with Crippen LogP contribution in [0.1, 0.15) is 48.5 Å². The Balaban J connectivity index is 2.13. The van der Waals surface area contributed by atoms with E-state index in [4.69, 9.17) is 11.6 Å². The van der Waals surface area contributed by atoms with Crippen molar-refractivity contribution in [2.45, 2.75) is 39.3 Å². The Morgan fingerprint density at radius 2 is 2.21 bits per heavy atom. The molecule has 2 atom stereocenters. The minimum atomic E-state index is 0.302. The van der Waals surface area contributed by atoms with Crippen molar-refractivity contribution in [3.05, 3.63) is 50.9 Å². The van der Waals surface area contributed by atoms with Crippen LogP contribution in [0.15, 0.2) is 29.8 Å². The Morgan fingerprint density at radius 1 is 1.42 bits per heavy atom. The molecular formula is C15H19ClN2S. The van der Waals surface area contributed by atoms with E-state index in [0.29, 0.717) is 12.1 Å². The van der Waals surface area contributed by atoms with Gasteiger partial charge in [-0.05, 0) is 38.0 Å². The van der Waals surface area contributed by atoms with E-state index in [2.05, 4.69) is 37.1 Å². The second-order valence-corrected chi connectivity index (χ2v) is 6.03. The predicted octanol–water partition coefficient (Wildman–Crippen LogP) is 4.91. The highest BCUT2D eigenvalue weighted by atomic mass is 35.5. The molecule has 19 heavy (non-hydrogen) atoms. The van der Waals surface area contributed by atoms with Crippen molar-refractivity contribution in [1.29, 1.82) is 0 Å². The van der Waals surface area contributed by atoms with E-state index in [0.717, 1.165) is 17.1 Å². The number of hydrogen-bond donors (Lipinski definition) is 1. The van der Waals surface area contributed by atoms with Crippen molar-refractivity contribution < 1.29 is 0 Å². The second-order valence-electron chi connectivity index (χ2n) is 4.71. The zero-order valence-electron chi connectivity index (χ0n) is 11.5. The molecule has 2 unspecified atom stereocenters. The molecule has 0 fully saturated rings. The van der Waals surface area contributed by atoms with Gasteiger partial charge in [0.05, 0.1) is 11.2 Å². The summed E-state index contributed by atoms with van der Waals surface area (Å²) in [5.74, 6) is 0. The van der Waals surface area contributed by atoms with Crippen molar-refractivity contribution in [2.75, 3.05) is 0 Å². The third-order valence-corrected chi connectivity index (χ3v) is 4.64. The maximum atomic E-state index is 6.07. The lowest BCUT2D eigenvalue weighted by atomic mass is 10.0. The fourth-order valence-electron chi connectivity index (χ4n) is 2.28. The summed E-state index contributed by atoms with van der Waals surface area (Å²) in [5.41, 5.74) is 4.26. The molecule has 1 aromatic carbocycles. The van der Waals surface area contributed by atoms with E-state index >= 15 is 0 Å². The first-order valence-corrected chi connectivity index (χ1v) is 7.79. The summed E-state index contributed by atoms with van der Waals surface area (Å²) < 4.78 is 0. The van der Waals surface area contributed by atoms with Gasteiger partial charge in [0.15, 0.2) is 0 Å². The molecule has 4 heteroatoms. The van der Waals surface area contributed by atoms with Crippen molar-refractivity contribution >= 4 is 22.9 Å². The van der Waals surface area contributed by atoms with Gasteiger partial charge < -0.3 is 5.32 Å². The van der Waals surface area contributed by atoms with E-state index < -0.39 is 0 Å². The molecule has 0 saturated carbocycles. The highest BCUT2D eigenvalue weighted by Crippen LogP contribution is 2.27. The molecule has 0 saturated heterocycles. The molecule has 2 nitrogen and oxygen atoms in total. The Labute approximate surface area is 123 Å². The van der Waals surface area contributed by atoms with Gasteiger partial charge in [-0.25, -0.2) is 4.98 Å². The van der Waals surface area contributed by atoms with Crippen LogP contribution in [0.2, 0.25) is 5.02 Å². The zero-order chi connectivity index (χ0) is 13.8. The van der Waals surface area contributed by atoms with E-state index in [1.54, 1.807) is 11.3 Å². The average molecular weight is 295 g/mol. The molecule has 0 spiro atoms. The van der Waals surface area contributed by atoms with Gasteiger partial charge in [0, 0.05) is 22.0 Å². The molecule has 0 aliphatic heterocycles. The van der Waals surface area contributed by atoms with Gasteiger partial charge >= 0.3 is 0 Å². The number of benzene rings is 1. The van der Waals surface area contributed by atoms with Gasteiger partial charge in [-0.15, -0.1) is 11.3 Å². The molecule has 0 aliphatic rings. The first-order valence-electron chi connectivity index (χ1n) is 6.53. The third kappa shape index (κ3) is 3.56. The molecule has 0 aliphatic carbocycles. The van der Waals surface area contributed by atoms with Crippen LogP contribution < -0.4 is 5.32 Å². The molecule has 0 bridgehead atoms. The van der Waals surface area contributed by atoms with Crippen LogP contribution in [0.3, 0.4) is 0 Å². The summed E-state index contributed by atoms with van der Waals surface area (Å²) >= 11 is 7.78. The van der Waals surface area contributed by atoms with Gasteiger partial charge in [-0.3, -0.25) is 0 Å². The van der Waals surface area contributed by atoms with Gasteiger partial charge in [0.25, 0.3) is 0 Å². The number of aryl methyl sites for hydroxylation is 1. The summed E-state index contributed by atoms with van der Waals surface area (Å²) in [6.45, 7) is 6.43. The van der Waals surface area contributed by atoms with Crippen LogP contribution in [0.25, 0.3) is 0 Å². The van der Waals surface area contributed by atoms with Crippen LogP contribution in [0, 0.1) is 6.92 Å². The fourth-order valence-corrected chi connectivity index (χ4v) is 3.30. The molecule has 0 radical (unpaired) electrons. The topological polar surface area (TPSA) is 24.9 Å².